The second-order valence-corrected chi connectivity index (χ2v) is 7.22. The lowest BCUT2D eigenvalue weighted by Gasteiger charge is -2.17. The van der Waals surface area contributed by atoms with Gasteiger partial charge in [0, 0.05) is 43.7 Å². The van der Waals surface area contributed by atoms with E-state index in [1.54, 1.807) is 17.3 Å². The van der Waals surface area contributed by atoms with E-state index in [0.29, 0.717) is 13.0 Å². The van der Waals surface area contributed by atoms with Crippen LogP contribution in [-0.4, -0.2) is 39.6 Å². The zero-order chi connectivity index (χ0) is 21.9. The summed E-state index contributed by atoms with van der Waals surface area (Å²) in [6, 6.07) is 13.9. The lowest BCUT2D eigenvalue weighted by Crippen LogP contribution is -2.30. The van der Waals surface area contributed by atoms with Crippen molar-refractivity contribution in [2.24, 2.45) is 0 Å². The number of carbonyl (C=O) groups is 1. The van der Waals surface area contributed by atoms with Crippen molar-refractivity contribution < 1.29 is 4.79 Å². The van der Waals surface area contributed by atoms with Crippen LogP contribution in [0.1, 0.15) is 23.7 Å². The van der Waals surface area contributed by atoms with Gasteiger partial charge in [0.05, 0.1) is 12.1 Å². The third-order valence-corrected chi connectivity index (χ3v) is 4.95. The number of likely N-dealkylation sites (N-methyl/N-ethyl adjacent to an activating group) is 1. The van der Waals surface area contributed by atoms with Crippen molar-refractivity contribution >= 4 is 12.0 Å². The van der Waals surface area contributed by atoms with Crippen LogP contribution in [0.5, 0.6) is 0 Å². The molecule has 3 aromatic rings. The van der Waals surface area contributed by atoms with E-state index in [1.165, 1.54) is 0 Å². The van der Waals surface area contributed by atoms with Gasteiger partial charge in [-0.15, -0.1) is 0 Å². The van der Waals surface area contributed by atoms with Gasteiger partial charge < -0.3 is 4.90 Å². The Labute approximate surface area is 183 Å². The second kappa shape index (κ2) is 11.5. The van der Waals surface area contributed by atoms with Crippen LogP contribution in [-0.2, 0) is 17.6 Å². The highest BCUT2D eigenvalue weighted by Crippen LogP contribution is 2.17. The van der Waals surface area contributed by atoms with E-state index < -0.39 is 0 Å². The van der Waals surface area contributed by atoms with E-state index in [1.807, 2.05) is 92.9 Å². The maximum atomic E-state index is 12.8. The van der Waals surface area contributed by atoms with Crippen LogP contribution < -0.4 is 0 Å². The zero-order valence-corrected chi connectivity index (χ0v) is 18.0. The maximum absolute atomic E-state index is 12.8. The summed E-state index contributed by atoms with van der Waals surface area (Å²) in [4.78, 5) is 18.6. The van der Waals surface area contributed by atoms with Crippen LogP contribution in [0, 0.1) is 0 Å². The van der Waals surface area contributed by atoms with E-state index in [0.717, 1.165) is 34.5 Å². The molecule has 2 aromatic heterocycles. The highest BCUT2D eigenvalue weighted by atomic mass is 16.2. The van der Waals surface area contributed by atoms with E-state index in [2.05, 4.69) is 15.2 Å². The van der Waals surface area contributed by atoms with Gasteiger partial charge in [-0.3, -0.25) is 14.9 Å². The Hall–Kier alpha value is -3.73. The molecule has 0 saturated carbocycles. The number of rotatable bonds is 9. The summed E-state index contributed by atoms with van der Waals surface area (Å²) in [6.45, 7) is 2.61. The molecular weight excluding hydrogens is 384 g/mol. The molecular formula is C26H28N4O. The average molecular weight is 413 g/mol. The van der Waals surface area contributed by atoms with Gasteiger partial charge in [0.15, 0.2) is 0 Å². The van der Waals surface area contributed by atoms with E-state index in [-0.39, 0.29) is 5.91 Å². The quantitative estimate of drug-likeness (QED) is 0.511. The molecule has 1 N–H and O–H groups in total. The number of nitrogens with zero attached hydrogens (tertiary/aromatic N) is 3. The fraction of sp³-hybridized carbons (Fsp3) is 0.192. The van der Waals surface area contributed by atoms with Crippen LogP contribution in [0.15, 0.2) is 85.2 Å². The molecule has 0 spiro atoms. The third kappa shape index (κ3) is 6.64. The fourth-order valence-corrected chi connectivity index (χ4v) is 3.13. The second-order valence-electron chi connectivity index (χ2n) is 7.22. The highest BCUT2D eigenvalue weighted by Gasteiger charge is 2.12. The number of aromatic nitrogens is 3. The van der Waals surface area contributed by atoms with Crippen molar-refractivity contribution in [3.05, 3.63) is 102 Å². The smallest absolute Gasteiger partial charge is 0.226 e. The van der Waals surface area contributed by atoms with Crippen LogP contribution in [0.25, 0.3) is 17.3 Å². The molecule has 2 heterocycles. The summed E-state index contributed by atoms with van der Waals surface area (Å²) in [5.74, 6) is 0.0965. The summed E-state index contributed by atoms with van der Waals surface area (Å²) in [7, 11) is 1.85. The van der Waals surface area contributed by atoms with Gasteiger partial charge >= 0.3 is 0 Å². The molecule has 31 heavy (non-hydrogen) atoms. The highest BCUT2D eigenvalue weighted by molar-refractivity contribution is 5.80. The Morgan fingerprint density at radius 3 is 2.65 bits per heavy atom. The molecule has 5 heteroatoms. The SMILES string of the molecule is C\C=C/C=C\C=C\c1ccccc1CC(=O)N(C)CCc1cc(-c2ccncc2)n[nH]1. The first kappa shape index (κ1) is 22.0. The predicted octanol–water partition coefficient (Wildman–Crippen LogP) is 4.86. The summed E-state index contributed by atoms with van der Waals surface area (Å²) in [6.07, 6.45) is 16.6. The molecule has 5 nitrogen and oxygen atoms in total. The molecule has 1 aromatic carbocycles. The first-order valence-electron chi connectivity index (χ1n) is 10.4. The van der Waals surface area contributed by atoms with Crippen LogP contribution in [0.3, 0.4) is 0 Å². The molecule has 1 amide bonds. The summed E-state index contributed by atoms with van der Waals surface area (Å²) < 4.78 is 0. The minimum absolute atomic E-state index is 0.0965. The summed E-state index contributed by atoms with van der Waals surface area (Å²) in [5.41, 5.74) is 4.99. The van der Waals surface area contributed by atoms with Crippen LogP contribution in [0.2, 0.25) is 0 Å². The third-order valence-electron chi connectivity index (χ3n) is 4.95. The van der Waals surface area contributed by atoms with Crippen molar-refractivity contribution in [1.29, 1.82) is 0 Å². The molecule has 0 atom stereocenters. The van der Waals surface area contributed by atoms with Gasteiger partial charge in [0.1, 0.15) is 0 Å². The largest absolute Gasteiger partial charge is 0.345 e. The van der Waals surface area contributed by atoms with E-state index in [4.69, 9.17) is 0 Å². The van der Waals surface area contributed by atoms with Gasteiger partial charge in [0.2, 0.25) is 5.91 Å². The lowest BCUT2D eigenvalue weighted by atomic mass is 10.0. The number of nitrogens with one attached hydrogen (secondary N) is 1. The first-order chi connectivity index (χ1) is 15.2. The topological polar surface area (TPSA) is 61.9 Å². The minimum atomic E-state index is 0.0965. The van der Waals surface area contributed by atoms with E-state index in [9.17, 15) is 4.79 Å². The Morgan fingerprint density at radius 1 is 1.06 bits per heavy atom. The average Bonchev–Trinajstić information content (AvgIpc) is 3.28. The molecule has 0 saturated heterocycles. The van der Waals surface area contributed by atoms with Gasteiger partial charge in [-0.25, -0.2) is 0 Å². The Kier molecular flexibility index (Phi) is 8.12. The zero-order valence-electron chi connectivity index (χ0n) is 18.0. The normalized spacial score (nSPS) is 11.7. The van der Waals surface area contributed by atoms with Crippen molar-refractivity contribution in [2.75, 3.05) is 13.6 Å². The molecule has 0 aliphatic heterocycles. The Morgan fingerprint density at radius 2 is 1.84 bits per heavy atom. The molecule has 0 bridgehead atoms. The standard InChI is InChI=1S/C26H28N4O/c1-3-4-5-6-7-10-21-11-8-9-12-23(21)19-26(31)30(2)18-15-24-20-25(29-28-24)22-13-16-27-17-14-22/h3-14,16-17,20H,15,18-19H2,1-2H3,(H,28,29)/b4-3-,6-5-,10-7+. The first-order valence-corrected chi connectivity index (χ1v) is 10.4. The number of aromatic amines is 1. The number of allylic oxidation sites excluding steroid dienone is 5. The number of benzene rings is 1. The number of H-pyrrole nitrogens is 1. The summed E-state index contributed by atoms with van der Waals surface area (Å²) in [5, 5.41) is 7.43. The monoisotopic (exact) mass is 412 g/mol. The lowest BCUT2D eigenvalue weighted by molar-refractivity contribution is -0.129. The van der Waals surface area contributed by atoms with Crippen LogP contribution >= 0.6 is 0 Å². The molecule has 0 radical (unpaired) electrons. The number of amides is 1. The molecule has 0 aliphatic rings. The van der Waals surface area contributed by atoms with Gasteiger partial charge in [0.25, 0.3) is 0 Å². The van der Waals surface area contributed by atoms with E-state index >= 15 is 0 Å². The Balaban J connectivity index is 1.56. The number of pyridine rings is 1. The Bertz CT molecular complexity index is 1060. The number of hydrogen-bond acceptors (Lipinski definition) is 3. The van der Waals surface area contributed by atoms with Crippen molar-refractivity contribution in [1.82, 2.24) is 20.1 Å². The molecule has 3 rings (SSSR count). The number of carbonyl (C=O) groups excluding carboxylic acids is 1. The molecule has 0 unspecified atom stereocenters. The van der Waals surface area contributed by atoms with Gasteiger partial charge in [-0.2, -0.15) is 5.10 Å². The van der Waals surface area contributed by atoms with Crippen molar-refractivity contribution in [3.63, 3.8) is 0 Å². The summed E-state index contributed by atoms with van der Waals surface area (Å²) >= 11 is 0. The predicted molar refractivity (Wildman–Crippen MR) is 126 cm³/mol. The molecule has 0 aliphatic carbocycles. The van der Waals surface area contributed by atoms with Crippen molar-refractivity contribution in [2.45, 2.75) is 19.8 Å². The van der Waals surface area contributed by atoms with Gasteiger partial charge in [-0.1, -0.05) is 60.7 Å². The van der Waals surface area contributed by atoms with Crippen LogP contribution in [0.4, 0.5) is 0 Å². The minimum Gasteiger partial charge on any atom is -0.345 e. The fourth-order valence-electron chi connectivity index (χ4n) is 3.13. The maximum Gasteiger partial charge on any atom is 0.226 e. The number of hydrogen-bond donors (Lipinski definition) is 1. The van der Waals surface area contributed by atoms with Crippen molar-refractivity contribution in [3.8, 4) is 11.3 Å². The van der Waals surface area contributed by atoms with Gasteiger partial charge in [-0.05, 0) is 36.2 Å². The molecule has 158 valence electrons. The molecule has 0 fully saturated rings.